The van der Waals surface area contributed by atoms with Gasteiger partial charge in [0.15, 0.2) is 0 Å². The number of amides is 2. The second-order valence-corrected chi connectivity index (χ2v) is 4.94. The maximum absolute atomic E-state index is 12.0. The van der Waals surface area contributed by atoms with Gasteiger partial charge in [-0.25, -0.2) is 9.59 Å². The Morgan fingerprint density at radius 1 is 1.45 bits per heavy atom. The third-order valence-electron chi connectivity index (χ3n) is 3.42. The van der Waals surface area contributed by atoms with Crippen molar-refractivity contribution in [2.45, 2.75) is 38.6 Å². The van der Waals surface area contributed by atoms with E-state index in [1.807, 2.05) is 6.92 Å². The number of methoxy groups -OCH3 is 1. The van der Waals surface area contributed by atoms with Crippen LogP contribution in [-0.2, 0) is 14.3 Å². The average Bonchev–Trinajstić information content (AvgIpc) is 2.45. The van der Waals surface area contributed by atoms with E-state index < -0.39 is 18.0 Å². The van der Waals surface area contributed by atoms with Crippen LogP contribution in [0.5, 0.6) is 0 Å². The Morgan fingerprint density at radius 2 is 2.15 bits per heavy atom. The van der Waals surface area contributed by atoms with Crippen molar-refractivity contribution >= 4 is 18.0 Å². The standard InChI is InChI=1S/C13H22N2O5/c1-3-5-10(11(16)17)14-13(19)15-7-4-6-9(8-15)12(18)20-2/h9-10H,3-8H2,1-2H3,(H,14,19)(H,16,17). The molecule has 2 amide bonds. The van der Waals surface area contributed by atoms with Crippen molar-refractivity contribution < 1.29 is 24.2 Å². The highest BCUT2D eigenvalue weighted by Crippen LogP contribution is 2.17. The van der Waals surface area contributed by atoms with E-state index in [1.165, 1.54) is 12.0 Å². The third-order valence-corrected chi connectivity index (χ3v) is 3.42. The number of likely N-dealkylation sites (tertiary alicyclic amines) is 1. The molecule has 2 unspecified atom stereocenters. The quantitative estimate of drug-likeness (QED) is 0.730. The molecule has 1 aliphatic heterocycles. The minimum atomic E-state index is -1.04. The van der Waals surface area contributed by atoms with Gasteiger partial charge in [0.05, 0.1) is 13.0 Å². The van der Waals surface area contributed by atoms with Crippen LogP contribution in [0.3, 0.4) is 0 Å². The number of carbonyl (C=O) groups excluding carboxylic acids is 2. The van der Waals surface area contributed by atoms with Crippen molar-refractivity contribution in [3.05, 3.63) is 0 Å². The van der Waals surface area contributed by atoms with Crippen molar-refractivity contribution in [3.8, 4) is 0 Å². The van der Waals surface area contributed by atoms with Crippen LogP contribution in [0, 0.1) is 5.92 Å². The molecule has 0 saturated carbocycles. The molecule has 0 aromatic carbocycles. The number of aliphatic carboxylic acids is 1. The molecule has 0 spiro atoms. The summed E-state index contributed by atoms with van der Waals surface area (Å²) >= 11 is 0. The van der Waals surface area contributed by atoms with Crippen LogP contribution < -0.4 is 5.32 Å². The Morgan fingerprint density at radius 3 is 2.70 bits per heavy atom. The Labute approximate surface area is 118 Å². The molecule has 1 fully saturated rings. The summed E-state index contributed by atoms with van der Waals surface area (Å²) in [6.07, 6.45) is 2.45. The summed E-state index contributed by atoms with van der Waals surface area (Å²) in [5.41, 5.74) is 0. The van der Waals surface area contributed by atoms with Gasteiger partial charge in [0.2, 0.25) is 0 Å². The molecule has 2 atom stereocenters. The third kappa shape index (κ3) is 4.40. The van der Waals surface area contributed by atoms with Crippen LogP contribution >= 0.6 is 0 Å². The first-order chi connectivity index (χ1) is 9.49. The maximum Gasteiger partial charge on any atom is 0.326 e. The molecule has 2 N–H and O–H groups in total. The number of nitrogens with one attached hydrogen (secondary N) is 1. The molecule has 1 heterocycles. The van der Waals surface area contributed by atoms with Crippen molar-refractivity contribution in [2.24, 2.45) is 5.92 Å². The number of hydrogen-bond donors (Lipinski definition) is 2. The number of nitrogens with zero attached hydrogens (tertiary/aromatic N) is 1. The van der Waals surface area contributed by atoms with E-state index in [4.69, 9.17) is 5.11 Å². The predicted octanol–water partition coefficient (Wildman–Crippen LogP) is 0.834. The SMILES string of the molecule is CCCC(NC(=O)N1CCCC(C(=O)OC)C1)C(=O)O. The lowest BCUT2D eigenvalue weighted by Crippen LogP contribution is -2.51. The Hall–Kier alpha value is -1.79. The lowest BCUT2D eigenvalue weighted by molar-refractivity contribution is -0.147. The highest BCUT2D eigenvalue weighted by Gasteiger charge is 2.30. The zero-order chi connectivity index (χ0) is 15.1. The molecule has 0 aromatic heterocycles. The fourth-order valence-corrected chi connectivity index (χ4v) is 2.31. The molecule has 7 nitrogen and oxygen atoms in total. The summed E-state index contributed by atoms with van der Waals surface area (Å²) in [7, 11) is 1.32. The van der Waals surface area contributed by atoms with E-state index in [0.717, 1.165) is 0 Å². The molecule has 7 heteroatoms. The zero-order valence-corrected chi connectivity index (χ0v) is 11.9. The fraction of sp³-hybridized carbons (Fsp3) is 0.769. The molecule has 1 aliphatic rings. The van der Waals surface area contributed by atoms with Gasteiger partial charge in [-0.2, -0.15) is 0 Å². The first kappa shape index (κ1) is 16.3. The summed E-state index contributed by atoms with van der Waals surface area (Å²) in [5.74, 6) is -1.69. The minimum Gasteiger partial charge on any atom is -0.480 e. The summed E-state index contributed by atoms with van der Waals surface area (Å²) in [5, 5.41) is 11.5. The van der Waals surface area contributed by atoms with Crippen LogP contribution in [0.25, 0.3) is 0 Å². The van der Waals surface area contributed by atoms with Gasteiger partial charge < -0.3 is 20.1 Å². The molecular formula is C13H22N2O5. The van der Waals surface area contributed by atoms with Crippen molar-refractivity contribution in [3.63, 3.8) is 0 Å². The lowest BCUT2D eigenvalue weighted by atomic mass is 9.98. The smallest absolute Gasteiger partial charge is 0.326 e. The van der Waals surface area contributed by atoms with Gasteiger partial charge in [0.25, 0.3) is 0 Å². The molecule has 0 bridgehead atoms. The van der Waals surface area contributed by atoms with Crippen molar-refractivity contribution in [1.29, 1.82) is 0 Å². The van der Waals surface area contributed by atoms with Gasteiger partial charge in [0.1, 0.15) is 6.04 Å². The van der Waals surface area contributed by atoms with E-state index in [2.05, 4.69) is 10.1 Å². The number of carboxylic acids is 1. The second kappa shape index (κ2) is 7.72. The first-order valence-corrected chi connectivity index (χ1v) is 6.85. The van der Waals surface area contributed by atoms with Crippen molar-refractivity contribution in [1.82, 2.24) is 10.2 Å². The predicted molar refractivity (Wildman–Crippen MR) is 71.2 cm³/mol. The van der Waals surface area contributed by atoms with E-state index in [-0.39, 0.29) is 18.4 Å². The van der Waals surface area contributed by atoms with Crippen LogP contribution in [0.4, 0.5) is 4.79 Å². The van der Waals surface area contributed by atoms with E-state index in [9.17, 15) is 14.4 Å². The maximum atomic E-state index is 12.0. The number of hydrogen-bond acceptors (Lipinski definition) is 4. The van der Waals surface area contributed by atoms with E-state index >= 15 is 0 Å². The van der Waals surface area contributed by atoms with Gasteiger partial charge in [-0.05, 0) is 19.3 Å². The van der Waals surface area contributed by atoms with Gasteiger partial charge in [-0.15, -0.1) is 0 Å². The number of rotatable bonds is 5. The Kier molecular flexibility index (Phi) is 6.27. The molecule has 1 saturated heterocycles. The average molecular weight is 286 g/mol. The summed E-state index contributed by atoms with van der Waals surface area (Å²) in [6, 6.07) is -1.31. The number of piperidine rings is 1. The molecule has 114 valence electrons. The normalized spacial score (nSPS) is 20.1. The second-order valence-electron chi connectivity index (χ2n) is 4.94. The van der Waals surface area contributed by atoms with Gasteiger partial charge >= 0.3 is 18.0 Å². The first-order valence-electron chi connectivity index (χ1n) is 6.85. The minimum absolute atomic E-state index is 0.275. The van der Waals surface area contributed by atoms with E-state index in [0.29, 0.717) is 32.2 Å². The monoisotopic (exact) mass is 286 g/mol. The van der Waals surface area contributed by atoms with E-state index in [1.54, 1.807) is 0 Å². The van der Waals surface area contributed by atoms with Gasteiger partial charge in [0, 0.05) is 13.1 Å². The lowest BCUT2D eigenvalue weighted by Gasteiger charge is -2.32. The summed E-state index contributed by atoms with van der Waals surface area (Å²) < 4.78 is 4.68. The summed E-state index contributed by atoms with van der Waals surface area (Å²) in [6.45, 7) is 2.66. The van der Waals surface area contributed by atoms with Crippen LogP contribution in [0.1, 0.15) is 32.6 Å². The fourth-order valence-electron chi connectivity index (χ4n) is 2.31. The van der Waals surface area contributed by atoms with Crippen LogP contribution in [-0.4, -0.2) is 54.2 Å². The molecule has 0 aliphatic carbocycles. The van der Waals surface area contributed by atoms with Crippen molar-refractivity contribution in [2.75, 3.05) is 20.2 Å². The van der Waals surface area contributed by atoms with Gasteiger partial charge in [-0.3, -0.25) is 4.79 Å². The molecule has 0 radical (unpaired) electrons. The number of carbonyl (C=O) groups is 3. The summed E-state index contributed by atoms with van der Waals surface area (Å²) in [4.78, 5) is 36.0. The van der Waals surface area contributed by atoms with Crippen LogP contribution in [0.2, 0.25) is 0 Å². The number of ether oxygens (including phenoxy) is 1. The number of carboxylic acid groups (broad SMARTS) is 1. The zero-order valence-electron chi connectivity index (χ0n) is 11.9. The molecule has 1 rings (SSSR count). The largest absolute Gasteiger partial charge is 0.480 e. The highest BCUT2D eigenvalue weighted by molar-refractivity contribution is 5.83. The van der Waals surface area contributed by atoms with Crippen LogP contribution in [0.15, 0.2) is 0 Å². The van der Waals surface area contributed by atoms with Gasteiger partial charge in [-0.1, -0.05) is 13.3 Å². The number of urea groups is 1. The molecular weight excluding hydrogens is 264 g/mol. The molecule has 20 heavy (non-hydrogen) atoms. The topological polar surface area (TPSA) is 95.9 Å². The Bertz CT molecular complexity index is 372. The molecule has 0 aromatic rings. The Balaban J connectivity index is 2.57. The number of esters is 1. The highest BCUT2D eigenvalue weighted by atomic mass is 16.5.